The largest absolute Gasteiger partial charge is 0.314 e. The first-order chi connectivity index (χ1) is 11.6. The maximum Gasteiger partial charge on any atom is 0.293 e. The Hall–Kier alpha value is -1.34. The van der Waals surface area contributed by atoms with Crippen molar-refractivity contribution in [2.24, 2.45) is 0 Å². The number of nitrogens with one attached hydrogen (secondary N) is 1. The first kappa shape index (κ1) is 17.5. The lowest BCUT2D eigenvalue weighted by Gasteiger charge is -2.27. The van der Waals surface area contributed by atoms with E-state index in [9.17, 15) is 9.59 Å². The summed E-state index contributed by atoms with van der Waals surface area (Å²) in [6.45, 7) is 5.46. The van der Waals surface area contributed by atoms with E-state index in [0.29, 0.717) is 16.5 Å². The van der Waals surface area contributed by atoms with Crippen LogP contribution in [0.4, 0.5) is 4.79 Å². The van der Waals surface area contributed by atoms with Gasteiger partial charge in [0.1, 0.15) is 0 Å². The number of thioether (sulfide) groups is 1. The monoisotopic (exact) mass is 365 g/mol. The van der Waals surface area contributed by atoms with Crippen LogP contribution in [0.5, 0.6) is 0 Å². The van der Waals surface area contributed by atoms with Crippen molar-refractivity contribution in [3.05, 3.63) is 39.8 Å². The summed E-state index contributed by atoms with van der Waals surface area (Å²) in [5.41, 5.74) is 0.866. The van der Waals surface area contributed by atoms with Crippen LogP contribution in [0.2, 0.25) is 5.02 Å². The summed E-state index contributed by atoms with van der Waals surface area (Å²) >= 11 is 6.87. The highest BCUT2D eigenvalue weighted by Gasteiger charge is 2.34. The van der Waals surface area contributed by atoms with Gasteiger partial charge in [-0.3, -0.25) is 14.5 Å². The van der Waals surface area contributed by atoms with Crippen LogP contribution in [0.15, 0.2) is 29.2 Å². The van der Waals surface area contributed by atoms with Gasteiger partial charge in [0.15, 0.2) is 0 Å². The second-order valence-electron chi connectivity index (χ2n) is 5.83. The van der Waals surface area contributed by atoms with Crippen molar-refractivity contribution in [3.8, 4) is 0 Å². The Bertz CT molecular complexity index is 642. The van der Waals surface area contributed by atoms with Crippen molar-refractivity contribution in [2.75, 3.05) is 39.3 Å². The van der Waals surface area contributed by atoms with Gasteiger partial charge in [0.2, 0.25) is 0 Å². The van der Waals surface area contributed by atoms with E-state index in [1.807, 2.05) is 12.1 Å². The molecule has 7 heteroatoms. The standard InChI is InChI=1S/C17H20ClN3O2S/c18-14-4-2-13(3-5-14)12-15-16(22)21(17(23)24-15)9-1-8-20-10-6-19-7-11-20/h2-5,12,19H,1,6-11H2. The Morgan fingerprint density at radius 1 is 1.12 bits per heavy atom. The van der Waals surface area contributed by atoms with Crippen molar-refractivity contribution in [3.63, 3.8) is 0 Å². The number of carbonyl (C=O) groups excluding carboxylic acids is 2. The Balaban J connectivity index is 1.56. The molecular formula is C17H20ClN3O2S. The second kappa shape index (κ2) is 8.16. The third-order valence-electron chi connectivity index (χ3n) is 4.11. The molecule has 3 rings (SSSR count). The van der Waals surface area contributed by atoms with Gasteiger partial charge in [0.05, 0.1) is 4.91 Å². The molecular weight excluding hydrogens is 346 g/mol. The van der Waals surface area contributed by atoms with E-state index in [1.165, 1.54) is 4.90 Å². The van der Waals surface area contributed by atoms with Crippen molar-refractivity contribution in [2.45, 2.75) is 6.42 Å². The van der Waals surface area contributed by atoms with Gasteiger partial charge in [-0.1, -0.05) is 23.7 Å². The highest BCUT2D eigenvalue weighted by atomic mass is 35.5. The molecule has 2 saturated heterocycles. The molecule has 24 heavy (non-hydrogen) atoms. The molecule has 2 fully saturated rings. The first-order valence-corrected chi connectivity index (χ1v) is 9.27. The van der Waals surface area contributed by atoms with Crippen LogP contribution in [-0.2, 0) is 4.79 Å². The predicted molar refractivity (Wildman–Crippen MR) is 98.1 cm³/mol. The molecule has 0 spiro atoms. The van der Waals surface area contributed by atoms with Gasteiger partial charge in [0, 0.05) is 37.7 Å². The Kier molecular flexibility index (Phi) is 5.94. The summed E-state index contributed by atoms with van der Waals surface area (Å²) in [4.78, 5) is 28.7. The lowest BCUT2D eigenvalue weighted by Crippen LogP contribution is -2.44. The van der Waals surface area contributed by atoms with Gasteiger partial charge in [-0.25, -0.2) is 0 Å². The summed E-state index contributed by atoms with van der Waals surface area (Å²) in [6.07, 6.45) is 2.56. The molecule has 2 heterocycles. The number of hydrogen-bond acceptors (Lipinski definition) is 5. The molecule has 0 bridgehead atoms. The molecule has 1 N–H and O–H groups in total. The van der Waals surface area contributed by atoms with Gasteiger partial charge < -0.3 is 10.2 Å². The molecule has 2 aliphatic rings. The molecule has 0 aromatic heterocycles. The zero-order chi connectivity index (χ0) is 16.9. The number of benzene rings is 1. The zero-order valence-corrected chi connectivity index (χ0v) is 14.9. The van der Waals surface area contributed by atoms with Crippen molar-refractivity contribution in [1.29, 1.82) is 0 Å². The van der Waals surface area contributed by atoms with Crippen LogP contribution in [0.25, 0.3) is 6.08 Å². The van der Waals surface area contributed by atoms with Crippen molar-refractivity contribution >= 4 is 40.6 Å². The molecule has 1 aromatic rings. The number of imide groups is 1. The number of piperazine rings is 1. The van der Waals surface area contributed by atoms with Crippen LogP contribution < -0.4 is 5.32 Å². The maximum atomic E-state index is 12.4. The van der Waals surface area contributed by atoms with Gasteiger partial charge in [-0.15, -0.1) is 0 Å². The van der Waals surface area contributed by atoms with Gasteiger partial charge in [-0.2, -0.15) is 0 Å². The number of halogens is 1. The molecule has 0 radical (unpaired) electrons. The summed E-state index contributed by atoms with van der Waals surface area (Å²) in [5.74, 6) is -0.194. The summed E-state index contributed by atoms with van der Waals surface area (Å²) in [7, 11) is 0. The smallest absolute Gasteiger partial charge is 0.293 e. The van der Waals surface area contributed by atoms with Crippen LogP contribution in [0.3, 0.4) is 0 Å². The third-order valence-corrected chi connectivity index (χ3v) is 5.27. The molecule has 1 aromatic carbocycles. The summed E-state index contributed by atoms with van der Waals surface area (Å²) in [6, 6.07) is 7.21. The minimum Gasteiger partial charge on any atom is -0.314 e. The molecule has 2 amide bonds. The fourth-order valence-corrected chi connectivity index (χ4v) is 3.78. The van der Waals surface area contributed by atoms with E-state index in [1.54, 1.807) is 18.2 Å². The Morgan fingerprint density at radius 3 is 2.54 bits per heavy atom. The van der Waals surface area contributed by atoms with E-state index >= 15 is 0 Å². The zero-order valence-electron chi connectivity index (χ0n) is 13.3. The van der Waals surface area contributed by atoms with Crippen molar-refractivity contribution in [1.82, 2.24) is 15.1 Å². The number of hydrogen-bond donors (Lipinski definition) is 1. The summed E-state index contributed by atoms with van der Waals surface area (Å²) in [5, 5.41) is 3.78. The lowest BCUT2D eigenvalue weighted by atomic mass is 10.2. The van der Waals surface area contributed by atoms with Crippen LogP contribution in [0.1, 0.15) is 12.0 Å². The summed E-state index contributed by atoms with van der Waals surface area (Å²) < 4.78 is 0. The topological polar surface area (TPSA) is 52.7 Å². The van der Waals surface area contributed by atoms with Crippen molar-refractivity contribution < 1.29 is 9.59 Å². The normalized spacial score (nSPS) is 21.0. The van der Waals surface area contributed by atoms with Crippen LogP contribution in [0, 0.1) is 0 Å². The average Bonchev–Trinajstić information content (AvgIpc) is 2.85. The van der Waals surface area contributed by atoms with Gasteiger partial charge >= 0.3 is 0 Å². The number of carbonyl (C=O) groups is 2. The Morgan fingerprint density at radius 2 is 1.83 bits per heavy atom. The van der Waals surface area contributed by atoms with E-state index < -0.39 is 0 Å². The lowest BCUT2D eigenvalue weighted by molar-refractivity contribution is -0.122. The minimum atomic E-state index is -0.194. The molecule has 0 atom stereocenters. The van der Waals surface area contributed by atoms with Crippen LogP contribution in [-0.4, -0.2) is 60.2 Å². The minimum absolute atomic E-state index is 0.180. The van der Waals surface area contributed by atoms with E-state index in [4.69, 9.17) is 11.6 Å². The molecule has 2 aliphatic heterocycles. The fourth-order valence-electron chi connectivity index (χ4n) is 2.79. The Labute approximate surface area is 151 Å². The first-order valence-electron chi connectivity index (χ1n) is 8.07. The van der Waals surface area contributed by atoms with Gasteiger partial charge in [-0.05, 0) is 48.5 Å². The average molecular weight is 366 g/mol. The van der Waals surface area contributed by atoms with E-state index in [-0.39, 0.29) is 11.1 Å². The van der Waals surface area contributed by atoms with Crippen LogP contribution >= 0.6 is 23.4 Å². The fraction of sp³-hybridized carbons (Fsp3) is 0.412. The molecule has 0 aliphatic carbocycles. The molecule has 0 saturated carbocycles. The highest BCUT2D eigenvalue weighted by Crippen LogP contribution is 2.32. The molecule has 128 valence electrons. The van der Waals surface area contributed by atoms with E-state index in [0.717, 1.165) is 56.5 Å². The number of amides is 2. The SMILES string of the molecule is O=C1SC(=Cc2ccc(Cl)cc2)C(=O)N1CCCN1CCNCC1. The maximum absolute atomic E-state index is 12.4. The van der Waals surface area contributed by atoms with Gasteiger partial charge in [0.25, 0.3) is 11.1 Å². The van der Waals surface area contributed by atoms with E-state index in [2.05, 4.69) is 10.2 Å². The number of rotatable bonds is 5. The molecule has 0 unspecified atom stereocenters. The third kappa shape index (κ3) is 4.39. The highest BCUT2D eigenvalue weighted by molar-refractivity contribution is 8.18. The molecule has 5 nitrogen and oxygen atoms in total. The second-order valence-corrected chi connectivity index (χ2v) is 7.26. The number of nitrogens with zero attached hydrogens (tertiary/aromatic N) is 2. The predicted octanol–water partition coefficient (Wildman–Crippen LogP) is 2.67. The quantitative estimate of drug-likeness (QED) is 0.813.